The minimum atomic E-state index is -2.50. The number of ether oxygens (including phenoxy) is 2. The molecule has 1 unspecified atom stereocenters. The number of hydrogen-bond donors (Lipinski definition) is 0. The fraction of sp³-hybridized carbons (Fsp3) is 0.481. The second kappa shape index (κ2) is 12.5. The van der Waals surface area contributed by atoms with Crippen molar-refractivity contribution in [3.8, 4) is 0 Å². The fourth-order valence-electron chi connectivity index (χ4n) is 4.35. The lowest BCUT2D eigenvalue weighted by Crippen LogP contribution is -2.41. The average molecular weight is 534 g/mol. The van der Waals surface area contributed by atoms with Crippen molar-refractivity contribution < 1.29 is 32.2 Å². The number of rotatable bonds is 8. The van der Waals surface area contributed by atoms with E-state index in [4.69, 9.17) is 4.74 Å². The number of amides is 1. The van der Waals surface area contributed by atoms with Gasteiger partial charge in [0, 0.05) is 36.6 Å². The third-order valence-electron chi connectivity index (χ3n) is 6.24. The molecule has 1 aliphatic rings. The molecule has 1 saturated heterocycles. The molecule has 2 aromatic carbocycles. The summed E-state index contributed by atoms with van der Waals surface area (Å²) < 4.78 is 49.8. The number of esters is 1. The predicted molar refractivity (Wildman–Crippen MR) is 139 cm³/mol. The Morgan fingerprint density at radius 2 is 1.86 bits per heavy atom. The lowest BCUT2D eigenvalue weighted by molar-refractivity contribution is 0.0204. The quantitative estimate of drug-likeness (QED) is 0.351. The van der Waals surface area contributed by atoms with Gasteiger partial charge in [0.1, 0.15) is 11.4 Å². The smallest absolute Gasteiger partial charge is 0.410 e. The molecular formula is C27H34FN2O6S-. The molecule has 2 aromatic rings. The summed E-state index contributed by atoms with van der Waals surface area (Å²) in [6.07, 6.45) is 1.89. The minimum absolute atomic E-state index is 0.125. The predicted octanol–water partition coefficient (Wildman–Crippen LogP) is 4.96. The zero-order valence-corrected chi connectivity index (χ0v) is 22.5. The molecule has 1 heterocycles. The number of benzene rings is 2. The Morgan fingerprint density at radius 1 is 1.16 bits per heavy atom. The lowest BCUT2D eigenvalue weighted by atomic mass is 9.89. The summed E-state index contributed by atoms with van der Waals surface area (Å²) in [5.74, 6) is -0.950. The van der Waals surface area contributed by atoms with E-state index in [9.17, 15) is 22.7 Å². The van der Waals surface area contributed by atoms with Crippen LogP contribution in [0.4, 0.5) is 14.9 Å². The standard InChI is InChI=1S/C27H35FN2O6S/c1-27(2,3)36-26(32)29-15-12-19(13-16-29)21-7-5-9-23(17-21)30(37(33)34)14-6-8-20-10-11-22(18-24(20)28)25(31)35-4/h5,7,9-11,17-19H,6,8,12-16H2,1-4H3,(H,33,34)/p-1. The van der Waals surface area contributed by atoms with Crippen LogP contribution in [0.25, 0.3) is 0 Å². The van der Waals surface area contributed by atoms with E-state index in [1.807, 2.05) is 39.0 Å². The lowest BCUT2D eigenvalue weighted by Gasteiger charge is -2.34. The first kappa shape index (κ1) is 28.6. The maximum absolute atomic E-state index is 14.4. The number of hydrogen-bond acceptors (Lipinski definition) is 6. The van der Waals surface area contributed by atoms with Crippen molar-refractivity contribution in [2.45, 2.75) is 58.0 Å². The molecular weight excluding hydrogens is 499 g/mol. The van der Waals surface area contributed by atoms with Crippen molar-refractivity contribution in [3.63, 3.8) is 0 Å². The van der Waals surface area contributed by atoms with Gasteiger partial charge in [-0.25, -0.2) is 14.0 Å². The molecule has 0 N–H and O–H groups in total. The van der Waals surface area contributed by atoms with Crippen LogP contribution in [0.1, 0.15) is 67.4 Å². The zero-order valence-electron chi connectivity index (χ0n) is 21.7. The van der Waals surface area contributed by atoms with Crippen LogP contribution >= 0.6 is 0 Å². The third-order valence-corrected chi connectivity index (χ3v) is 6.99. The normalized spacial score (nSPS) is 15.2. The highest BCUT2D eigenvalue weighted by Gasteiger charge is 2.27. The molecule has 0 saturated carbocycles. The van der Waals surface area contributed by atoms with Gasteiger partial charge in [-0.1, -0.05) is 18.2 Å². The van der Waals surface area contributed by atoms with E-state index in [0.717, 1.165) is 24.5 Å². The van der Waals surface area contributed by atoms with Crippen molar-refractivity contribution >= 4 is 29.0 Å². The van der Waals surface area contributed by atoms with E-state index in [1.165, 1.54) is 23.5 Å². The van der Waals surface area contributed by atoms with Crippen LogP contribution < -0.4 is 4.31 Å². The number of likely N-dealkylation sites (tertiary alicyclic amines) is 1. The van der Waals surface area contributed by atoms with E-state index >= 15 is 0 Å². The summed E-state index contributed by atoms with van der Waals surface area (Å²) in [6.45, 7) is 6.84. The van der Waals surface area contributed by atoms with Gasteiger partial charge >= 0.3 is 12.1 Å². The van der Waals surface area contributed by atoms with Crippen LogP contribution in [0.15, 0.2) is 42.5 Å². The molecule has 0 aromatic heterocycles. The van der Waals surface area contributed by atoms with Crippen molar-refractivity contribution in [1.29, 1.82) is 0 Å². The Morgan fingerprint density at radius 3 is 2.46 bits per heavy atom. The monoisotopic (exact) mass is 533 g/mol. The Balaban J connectivity index is 1.61. The highest BCUT2D eigenvalue weighted by Crippen LogP contribution is 2.31. The number of aryl methyl sites for hydroxylation is 1. The summed E-state index contributed by atoms with van der Waals surface area (Å²) in [6, 6.07) is 11.5. The number of nitrogens with zero attached hydrogens (tertiary/aromatic N) is 2. The Kier molecular flexibility index (Phi) is 9.67. The maximum Gasteiger partial charge on any atom is 0.410 e. The van der Waals surface area contributed by atoms with E-state index in [1.54, 1.807) is 11.0 Å². The number of carbonyl (C=O) groups is 2. The van der Waals surface area contributed by atoms with Gasteiger partial charge in [0.05, 0.1) is 12.7 Å². The highest BCUT2D eigenvalue weighted by atomic mass is 32.2. The molecule has 1 aliphatic heterocycles. The SMILES string of the molecule is COC(=O)c1ccc(CCCN(c2cccc(C3CCN(C(=O)OC(C)(C)C)CC3)c2)S(=O)[O-])c(F)c1. The largest absolute Gasteiger partial charge is 0.755 e. The van der Waals surface area contributed by atoms with Crippen molar-refractivity contribution in [2.75, 3.05) is 31.0 Å². The topological polar surface area (TPSA) is 99.2 Å². The molecule has 1 fully saturated rings. The van der Waals surface area contributed by atoms with Crippen LogP contribution in [0.5, 0.6) is 0 Å². The number of piperidine rings is 1. The second-order valence-electron chi connectivity index (χ2n) is 10.1. The van der Waals surface area contributed by atoms with Gasteiger partial charge in [0.25, 0.3) is 0 Å². The number of methoxy groups -OCH3 is 1. The minimum Gasteiger partial charge on any atom is -0.755 e. The van der Waals surface area contributed by atoms with Gasteiger partial charge in [-0.2, -0.15) is 0 Å². The summed E-state index contributed by atoms with van der Waals surface area (Å²) in [5.41, 5.74) is 1.54. The molecule has 202 valence electrons. The van der Waals surface area contributed by atoms with Gasteiger partial charge in [-0.3, -0.25) is 4.21 Å². The summed E-state index contributed by atoms with van der Waals surface area (Å²) >= 11 is -2.50. The maximum atomic E-state index is 14.4. The average Bonchev–Trinajstić information content (AvgIpc) is 2.85. The van der Waals surface area contributed by atoms with Gasteiger partial charge in [-0.05, 0) is 87.8 Å². The first-order valence-electron chi connectivity index (χ1n) is 12.3. The van der Waals surface area contributed by atoms with E-state index < -0.39 is 28.7 Å². The van der Waals surface area contributed by atoms with Crippen molar-refractivity contribution in [1.82, 2.24) is 4.90 Å². The van der Waals surface area contributed by atoms with E-state index in [2.05, 4.69) is 4.74 Å². The van der Waals surface area contributed by atoms with Gasteiger partial charge in [0.2, 0.25) is 0 Å². The molecule has 1 amide bonds. The molecule has 1 atom stereocenters. The summed E-state index contributed by atoms with van der Waals surface area (Å²) in [5, 5.41) is 0. The van der Waals surface area contributed by atoms with Gasteiger partial charge in [0.15, 0.2) is 0 Å². The van der Waals surface area contributed by atoms with Gasteiger partial charge in [-0.15, -0.1) is 0 Å². The molecule has 0 spiro atoms. The first-order valence-corrected chi connectivity index (χ1v) is 13.3. The summed E-state index contributed by atoms with van der Waals surface area (Å²) in [7, 11) is 1.23. The number of halogens is 1. The van der Waals surface area contributed by atoms with Crippen LogP contribution in [0, 0.1) is 5.82 Å². The molecule has 10 heteroatoms. The van der Waals surface area contributed by atoms with Crippen molar-refractivity contribution in [2.24, 2.45) is 0 Å². The van der Waals surface area contributed by atoms with E-state index in [0.29, 0.717) is 37.2 Å². The number of carbonyl (C=O) groups excluding carboxylic acids is 2. The van der Waals surface area contributed by atoms with Gasteiger partial charge < -0.3 is 23.2 Å². The molecule has 8 nitrogen and oxygen atoms in total. The first-order chi connectivity index (χ1) is 17.5. The van der Waals surface area contributed by atoms with Crippen LogP contribution in [0.3, 0.4) is 0 Å². The van der Waals surface area contributed by atoms with Crippen LogP contribution in [0.2, 0.25) is 0 Å². The molecule has 3 rings (SSSR count). The summed E-state index contributed by atoms with van der Waals surface area (Å²) in [4.78, 5) is 25.6. The molecule has 0 bridgehead atoms. The number of anilines is 1. The van der Waals surface area contributed by atoms with Crippen LogP contribution in [-0.4, -0.2) is 58.1 Å². The second-order valence-corrected chi connectivity index (χ2v) is 10.9. The molecule has 0 radical (unpaired) electrons. The Hall–Kier alpha value is -2.98. The Bertz CT molecular complexity index is 1130. The zero-order chi connectivity index (χ0) is 27.2. The van der Waals surface area contributed by atoms with E-state index in [-0.39, 0.29) is 24.1 Å². The third kappa shape index (κ3) is 8.00. The van der Waals surface area contributed by atoms with Crippen LogP contribution in [-0.2, 0) is 27.2 Å². The van der Waals surface area contributed by atoms with Crippen molar-refractivity contribution in [3.05, 3.63) is 65.0 Å². The molecule has 0 aliphatic carbocycles. The fourth-order valence-corrected chi connectivity index (χ4v) is 4.92. The Labute approximate surface area is 220 Å². The highest BCUT2D eigenvalue weighted by molar-refractivity contribution is 7.80. The molecule has 37 heavy (non-hydrogen) atoms.